The van der Waals surface area contributed by atoms with Gasteiger partial charge in [-0.15, -0.1) is 11.3 Å². The minimum absolute atomic E-state index is 0.635. The zero-order valence-corrected chi connectivity index (χ0v) is 18.6. The molecule has 0 radical (unpaired) electrons. The average molecular weight is 408 g/mol. The van der Waals surface area contributed by atoms with Crippen LogP contribution in [0.4, 0.5) is 0 Å². The van der Waals surface area contributed by atoms with E-state index < -0.39 is 0 Å². The summed E-state index contributed by atoms with van der Waals surface area (Å²) in [5.41, 5.74) is 1.24. The fourth-order valence-corrected chi connectivity index (χ4v) is 4.76. The molecular weight excluding hydrogens is 370 g/mol. The Balaban J connectivity index is 1.43. The number of aryl methyl sites for hydroxylation is 1. The molecule has 3 heterocycles. The largest absolute Gasteiger partial charge is 0.381 e. The van der Waals surface area contributed by atoms with Crippen molar-refractivity contribution in [2.75, 3.05) is 53.0 Å². The van der Waals surface area contributed by atoms with E-state index in [0.717, 1.165) is 64.9 Å². The minimum Gasteiger partial charge on any atom is -0.381 e. The van der Waals surface area contributed by atoms with Crippen molar-refractivity contribution in [2.45, 2.75) is 46.1 Å². The number of piperidine rings is 1. The molecule has 158 valence electrons. The second-order valence-corrected chi connectivity index (χ2v) is 9.05. The maximum atomic E-state index is 5.52. The summed E-state index contributed by atoms with van der Waals surface area (Å²) in [5, 5.41) is 6.94. The van der Waals surface area contributed by atoms with Crippen LogP contribution in [0.1, 0.15) is 43.8 Å². The maximum absolute atomic E-state index is 5.52. The third kappa shape index (κ3) is 6.42. The molecule has 0 saturated carbocycles. The molecule has 1 atom stereocenters. The Morgan fingerprint density at radius 2 is 2.14 bits per heavy atom. The molecule has 1 aromatic heterocycles. The smallest absolute Gasteiger partial charge is 0.193 e. The number of likely N-dealkylation sites (tertiary alicyclic amines) is 1. The second-order valence-electron chi connectivity index (χ2n) is 8.11. The van der Waals surface area contributed by atoms with Gasteiger partial charge in [-0.3, -0.25) is 9.89 Å². The lowest BCUT2D eigenvalue weighted by Gasteiger charge is -2.31. The van der Waals surface area contributed by atoms with Gasteiger partial charge < -0.3 is 15.0 Å². The Hall–Kier alpha value is -1.18. The van der Waals surface area contributed by atoms with Crippen LogP contribution in [0.3, 0.4) is 0 Å². The molecule has 2 aliphatic rings. The topological polar surface area (TPSA) is 53.0 Å². The number of aliphatic imine (C=N–C) groups is 1. The molecule has 2 fully saturated rings. The number of aromatic nitrogens is 1. The Morgan fingerprint density at radius 1 is 1.32 bits per heavy atom. The monoisotopic (exact) mass is 407 g/mol. The summed E-state index contributed by atoms with van der Waals surface area (Å²) in [7, 11) is 2.15. The summed E-state index contributed by atoms with van der Waals surface area (Å²) < 4.78 is 5.52. The lowest BCUT2D eigenvalue weighted by atomic mass is 9.97. The Labute approximate surface area is 174 Å². The first-order chi connectivity index (χ1) is 13.7. The zero-order valence-electron chi connectivity index (χ0n) is 17.8. The fourth-order valence-electron chi connectivity index (χ4n) is 4.03. The number of thiazole rings is 1. The molecule has 1 unspecified atom stereocenters. The van der Waals surface area contributed by atoms with Crippen molar-refractivity contribution in [1.29, 1.82) is 0 Å². The number of guanidine groups is 1. The van der Waals surface area contributed by atoms with Crippen LogP contribution in [0.15, 0.2) is 10.4 Å². The van der Waals surface area contributed by atoms with Gasteiger partial charge >= 0.3 is 0 Å². The molecule has 0 aliphatic carbocycles. The van der Waals surface area contributed by atoms with Crippen LogP contribution >= 0.6 is 11.3 Å². The zero-order chi connectivity index (χ0) is 19.8. The molecule has 1 aromatic rings. The Morgan fingerprint density at radius 3 is 2.79 bits per heavy atom. The summed E-state index contributed by atoms with van der Waals surface area (Å²) in [6.07, 6.45) is 4.67. The summed E-state index contributed by atoms with van der Waals surface area (Å²) in [6, 6.07) is 0. The molecule has 2 aliphatic heterocycles. The van der Waals surface area contributed by atoms with Gasteiger partial charge in [-0.05, 0) is 51.6 Å². The Bertz CT molecular complexity index is 606. The van der Waals surface area contributed by atoms with Gasteiger partial charge in [0, 0.05) is 51.1 Å². The van der Waals surface area contributed by atoms with Gasteiger partial charge in [0.25, 0.3) is 0 Å². The molecule has 1 N–H and O–H groups in total. The van der Waals surface area contributed by atoms with Crippen LogP contribution in [0.5, 0.6) is 0 Å². The summed E-state index contributed by atoms with van der Waals surface area (Å²) in [5.74, 6) is 2.37. The third-order valence-corrected chi connectivity index (χ3v) is 6.79. The van der Waals surface area contributed by atoms with Crippen molar-refractivity contribution in [2.24, 2.45) is 16.8 Å². The highest BCUT2D eigenvalue weighted by molar-refractivity contribution is 7.09. The normalized spacial score (nSPS) is 22.0. The van der Waals surface area contributed by atoms with Crippen LogP contribution in [0.2, 0.25) is 0 Å². The number of rotatable bonds is 8. The predicted molar refractivity (Wildman–Crippen MR) is 117 cm³/mol. The van der Waals surface area contributed by atoms with Gasteiger partial charge in [0.2, 0.25) is 0 Å². The van der Waals surface area contributed by atoms with E-state index >= 15 is 0 Å². The maximum Gasteiger partial charge on any atom is 0.193 e. The fraction of sp³-hybridized carbons (Fsp3) is 0.810. The van der Waals surface area contributed by atoms with Gasteiger partial charge in [-0.25, -0.2) is 4.98 Å². The van der Waals surface area contributed by atoms with E-state index in [4.69, 9.17) is 14.7 Å². The van der Waals surface area contributed by atoms with Gasteiger partial charge in [0.1, 0.15) is 0 Å². The van der Waals surface area contributed by atoms with Crippen molar-refractivity contribution >= 4 is 17.3 Å². The molecule has 7 heteroatoms. The Kier molecular flexibility index (Phi) is 8.55. The number of nitrogens with zero attached hydrogens (tertiary/aromatic N) is 4. The minimum atomic E-state index is 0.635. The molecule has 0 spiro atoms. The summed E-state index contributed by atoms with van der Waals surface area (Å²) in [4.78, 5) is 14.5. The lowest BCUT2D eigenvalue weighted by Crippen LogP contribution is -2.42. The molecule has 6 nitrogen and oxygen atoms in total. The van der Waals surface area contributed by atoms with Crippen molar-refractivity contribution in [3.63, 3.8) is 0 Å². The SMILES string of the molecule is CCNC(=NCC1CCN(Cc2csc(CC)n2)CC1)N(C)CC1CCOC1. The van der Waals surface area contributed by atoms with Gasteiger partial charge in [0.05, 0.1) is 17.3 Å². The van der Waals surface area contributed by atoms with E-state index in [9.17, 15) is 0 Å². The standard InChI is InChI=1S/C21H37N5OS/c1-4-20-24-19(16-28-20)14-26-9-6-17(7-10-26)12-23-21(22-5-2)25(3)13-18-8-11-27-15-18/h16-18H,4-15H2,1-3H3,(H,22,23). The van der Waals surface area contributed by atoms with E-state index in [2.05, 4.69) is 41.4 Å². The predicted octanol–water partition coefficient (Wildman–Crippen LogP) is 2.85. The van der Waals surface area contributed by atoms with E-state index in [-0.39, 0.29) is 0 Å². The highest BCUT2D eigenvalue weighted by Crippen LogP contribution is 2.20. The average Bonchev–Trinajstić information content (AvgIpc) is 3.38. The van der Waals surface area contributed by atoms with E-state index in [1.807, 2.05) is 0 Å². The number of hydrogen-bond donors (Lipinski definition) is 1. The van der Waals surface area contributed by atoms with E-state index in [1.165, 1.54) is 30.0 Å². The van der Waals surface area contributed by atoms with Crippen LogP contribution in [-0.2, 0) is 17.7 Å². The number of nitrogens with one attached hydrogen (secondary N) is 1. The van der Waals surface area contributed by atoms with Crippen LogP contribution in [0.25, 0.3) is 0 Å². The summed E-state index contributed by atoms with van der Waals surface area (Å²) >= 11 is 1.79. The number of hydrogen-bond acceptors (Lipinski definition) is 5. The van der Waals surface area contributed by atoms with Crippen molar-refractivity contribution in [3.8, 4) is 0 Å². The molecule has 3 rings (SSSR count). The molecule has 2 saturated heterocycles. The first-order valence-corrected chi connectivity index (χ1v) is 11.8. The molecule has 0 bridgehead atoms. The van der Waals surface area contributed by atoms with Crippen molar-refractivity contribution < 1.29 is 4.74 Å². The van der Waals surface area contributed by atoms with Crippen LogP contribution in [0, 0.1) is 11.8 Å². The van der Waals surface area contributed by atoms with Crippen LogP contribution < -0.4 is 5.32 Å². The highest BCUT2D eigenvalue weighted by atomic mass is 32.1. The molecule has 28 heavy (non-hydrogen) atoms. The van der Waals surface area contributed by atoms with Crippen molar-refractivity contribution in [1.82, 2.24) is 20.1 Å². The lowest BCUT2D eigenvalue weighted by molar-refractivity contribution is 0.178. The quantitative estimate of drug-likeness (QED) is 0.530. The summed E-state index contributed by atoms with van der Waals surface area (Å²) in [6.45, 7) is 12.3. The second kappa shape index (κ2) is 11.1. The highest BCUT2D eigenvalue weighted by Gasteiger charge is 2.22. The van der Waals surface area contributed by atoms with Crippen LogP contribution in [-0.4, -0.2) is 73.7 Å². The first kappa shape index (κ1) is 21.5. The van der Waals surface area contributed by atoms with E-state index in [0.29, 0.717) is 11.8 Å². The van der Waals surface area contributed by atoms with Crippen molar-refractivity contribution in [3.05, 3.63) is 16.1 Å². The number of ether oxygens (including phenoxy) is 1. The molecule has 0 amide bonds. The van der Waals surface area contributed by atoms with Gasteiger partial charge in [-0.2, -0.15) is 0 Å². The first-order valence-electron chi connectivity index (χ1n) is 10.9. The van der Waals surface area contributed by atoms with E-state index in [1.54, 1.807) is 11.3 Å². The van der Waals surface area contributed by atoms with Gasteiger partial charge in [0.15, 0.2) is 5.96 Å². The molecule has 0 aromatic carbocycles. The molecular formula is C21H37N5OS. The van der Waals surface area contributed by atoms with Gasteiger partial charge in [-0.1, -0.05) is 6.92 Å². The third-order valence-electron chi connectivity index (χ3n) is 5.75.